The molecule has 2 rings (SSSR count). The maximum atomic E-state index is 12.7. The van der Waals surface area contributed by atoms with E-state index in [4.69, 9.17) is 4.74 Å². The van der Waals surface area contributed by atoms with Crippen LogP contribution in [0.15, 0.2) is 48.5 Å². The molecule has 0 saturated carbocycles. The summed E-state index contributed by atoms with van der Waals surface area (Å²) in [5.74, 6) is -0.622. The lowest BCUT2D eigenvalue weighted by Gasteiger charge is -2.27. The fourth-order valence-electron chi connectivity index (χ4n) is 3.41. The van der Waals surface area contributed by atoms with Gasteiger partial charge in [0.05, 0.1) is 6.61 Å². The molecule has 0 heterocycles. The van der Waals surface area contributed by atoms with Crippen LogP contribution in [0.3, 0.4) is 0 Å². The van der Waals surface area contributed by atoms with Crippen molar-refractivity contribution in [3.63, 3.8) is 0 Å². The van der Waals surface area contributed by atoms with E-state index in [0.717, 1.165) is 16.7 Å². The summed E-state index contributed by atoms with van der Waals surface area (Å²) in [6, 6.07) is 11.9. The zero-order valence-electron chi connectivity index (χ0n) is 20.2. The second kappa shape index (κ2) is 10.0. The van der Waals surface area contributed by atoms with Crippen molar-refractivity contribution < 1.29 is 19.4 Å². The Hall–Kier alpha value is -3.08. The highest BCUT2D eigenvalue weighted by atomic mass is 16.5. The third kappa shape index (κ3) is 6.46. The second-order valence-corrected chi connectivity index (χ2v) is 9.90. The van der Waals surface area contributed by atoms with E-state index in [1.165, 1.54) is 6.08 Å². The van der Waals surface area contributed by atoms with Gasteiger partial charge in [0.1, 0.15) is 5.75 Å². The summed E-state index contributed by atoms with van der Waals surface area (Å²) in [5.41, 5.74) is 2.57. The lowest BCUT2D eigenvalue weighted by molar-refractivity contribution is -0.147. The van der Waals surface area contributed by atoms with E-state index in [1.807, 2.05) is 71.9 Å². The van der Waals surface area contributed by atoms with E-state index in [1.54, 1.807) is 25.1 Å². The van der Waals surface area contributed by atoms with Gasteiger partial charge in [-0.05, 0) is 47.1 Å². The maximum Gasteiger partial charge on any atom is 0.333 e. The van der Waals surface area contributed by atoms with Crippen LogP contribution in [-0.2, 0) is 25.2 Å². The zero-order chi connectivity index (χ0) is 24.1. The van der Waals surface area contributed by atoms with Crippen LogP contribution in [0.4, 0.5) is 0 Å². The maximum absolute atomic E-state index is 12.7. The summed E-state index contributed by atoms with van der Waals surface area (Å²) < 4.78 is 5.14. The summed E-state index contributed by atoms with van der Waals surface area (Å²) in [4.78, 5) is 25.1. The van der Waals surface area contributed by atoms with Crippen LogP contribution in [0.25, 0.3) is 6.08 Å². The molecule has 0 radical (unpaired) electrons. The Kier molecular flexibility index (Phi) is 7.89. The number of esters is 1. The smallest absolute Gasteiger partial charge is 0.333 e. The summed E-state index contributed by atoms with van der Waals surface area (Å²) in [6.45, 7) is 14.2. The topological polar surface area (TPSA) is 75.6 Å². The molecular weight excluding hydrogens is 402 g/mol. The molecule has 32 heavy (non-hydrogen) atoms. The highest BCUT2D eigenvalue weighted by Gasteiger charge is 2.26. The van der Waals surface area contributed by atoms with Gasteiger partial charge < -0.3 is 15.2 Å². The summed E-state index contributed by atoms with van der Waals surface area (Å²) in [7, 11) is 0. The molecule has 0 aliphatic heterocycles. The van der Waals surface area contributed by atoms with Crippen LogP contribution in [0.2, 0.25) is 0 Å². The minimum absolute atomic E-state index is 0.229. The van der Waals surface area contributed by atoms with E-state index in [9.17, 15) is 14.7 Å². The Morgan fingerprint density at radius 2 is 1.53 bits per heavy atom. The van der Waals surface area contributed by atoms with Gasteiger partial charge in [0.15, 0.2) is 6.04 Å². The van der Waals surface area contributed by atoms with Crippen molar-refractivity contribution in [2.75, 3.05) is 6.61 Å². The van der Waals surface area contributed by atoms with Crippen molar-refractivity contribution in [2.45, 2.75) is 65.3 Å². The first kappa shape index (κ1) is 25.2. The summed E-state index contributed by atoms with van der Waals surface area (Å²) in [5, 5.41) is 13.6. The minimum Gasteiger partial charge on any atom is -0.507 e. The Balaban J connectivity index is 2.35. The van der Waals surface area contributed by atoms with E-state index in [2.05, 4.69) is 5.32 Å². The largest absolute Gasteiger partial charge is 0.507 e. The molecule has 2 aromatic carbocycles. The summed E-state index contributed by atoms with van der Waals surface area (Å²) in [6.07, 6.45) is 3.10. The quantitative estimate of drug-likeness (QED) is 0.467. The van der Waals surface area contributed by atoms with Crippen LogP contribution in [0, 0.1) is 0 Å². The molecule has 172 valence electrons. The molecule has 0 fully saturated rings. The number of hydrogen-bond donors (Lipinski definition) is 2. The Morgan fingerprint density at radius 1 is 1.00 bits per heavy atom. The third-order valence-corrected chi connectivity index (χ3v) is 5.12. The predicted octanol–water partition coefficient (Wildman–Crippen LogP) is 5.42. The first-order valence-corrected chi connectivity index (χ1v) is 10.9. The van der Waals surface area contributed by atoms with Gasteiger partial charge in [-0.15, -0.1) is 0 Å². The number of phenolic OH excluding ortho intramolecular Hbond substituents is 1. The molecule has 1 atom stereocenters. The lowest BCUT2D eigenvalue weighted by atomic mass is 9.78. The van der Waals surface area contributed by atoms with Crippen LogP contribution in [0.1, 0.15) is 76.8 Å². The van der Waals surface area contributed by atoms with Crippen molar-refractivity contribution in [2.24, 2.45) is 0 Å². The number of carbonyl (C=O) groups is 2. The van der Waals surface area contributed by atoms with Gasteiger partial charge in [-0.2, -0.15) is 0 Å². The van der Waals surface area contributed by atoms with Crippen LogP contribution < -0.4 is 5.32 Å². The normalized spacial score (nSPS) is 13.1. The number of nitrogens with one attached hydrogen (secondary N) is 1. The molecular formula is C27H35NO4. The standard InChI is InChI=1S/C27H35NO4/c1-8-32-25(31)23(19-12-10-9-11-13-19)28-22(29)15-14-18-16-20(26(2,3)4)24(30)21(17-18)27(5,6)7/h9-17,23,30H,8H2,1-7H3,(H,28,29)/b15-14+. The number of rotatable bonds is 6. The van der Waals surface area contributed by atoms with E-state index < -0.39 is 17.9 Å². The molecule has 0 aliphatic rings. The molecule has 1 unspecified atom stereocenters. The van der Waals surface area contributed by atoms with Gasteiger partial charge >= 0.3 is 5.97 Å². The van der Waals surface area contributed by atoms with Gasteiger partial charge in [-0.25, -0.2) is 4.79 Å². The second-order valence-electron chi connectivity index (χ2n) is 9.90. The minimum atomic E-state index is -0.886. The number of ether oxygens (including phenoxy) is 1. The van der Waals surface area contributed by atoms with Gasteiger partial charge in [0.25, 0.3) is 0 Å². The van der Waals surface area contributed by atoms with E-state index in [-0.39, 0.29) is 23.2 Å². The fourth-order valence-corrected chi connectivity index (χ4v) is 3.41. The highest BCUT2D eigenvalue weighted by Crippen LogP contribution is 2.40. The fraction of sp³-hybridized carbons (Fsp3) is 0.407. The molecule has 2 aromatic rings. The van der Waals surface area contributed by atoms with Crippen molar-refractivity contribution in [1.82, 2.24) is 5.32 Å². The lowest BCUT2D eigenvalue weighted by Crippen LogP contribution is -2.33. The number of carbonyl (C=O) groups excluding carboxylic acids is 2. The Morgan fingerprint density at radius 3 is 2.00 bits per heavy atom. The first-order chi connectivity index (χ1) is 14.8. The highest BCUT2D eigenvalue weighted by molar-refractivity contribution is 5.95. The molecule has 0 saturated heterocycles. The zero-order valence-corrected chi connectivity index (χ0v) is 20.2. The van der Waals surface area contributed by atoms with Gasteiger partial charge in [0, 0.05) is 17.2 Å². The Bertz CT molecular complexity index is 944. The van der Waals surface area contributed by atoms with Crippen molar-refractivity contribution >= 4 is 18.0 Å². The number of phenols is 1. The van der Waals surface area contributed by atoms with Gasteiger partial charge in [-0.3, -0.25) is 4.79 Å². The molecule has 2 N–H and O–H groups in total. The van der Waals surface area contributed by atoms with Crippen LogP contribution >= 0.6 is 0 Å². The number of amides is 1. The number of hydrogen-bond acceptors (Lipinski definition) is 4. The number of aromatic hydroxyl groups is 1. The third-order valence-electron chi connectivity index (χ3n) is 5.12. The average molecular weight is 438 g/mol. The molecule has 0 aliphatic carbocycles. The van der Waals surface area contributed by atoms with Crippen molar-refractivity contribution in [1.29, 1.82) is 0 Å². The van der Waals surface area contributed by atoms with E-state index in [0.29, 0.717) is 5.56 Å². The van der Waals surface area contributed by atoms with Crippen LogP contribution in [-0.4, -0.2) is 23.6 Å². The molecule has 0 bridgehead atoms. The van der Waals surface area contributed by atoms with Crippen molar-refractivity contribution in [3.8, 4) is 5.75 Å². The van der Waals surface area contributed by atoms with Crippen molar-refractivity contribution in [3.05, 3.63) is 70.8 Å². The van der Waals surface area contributed by atoms with E-state index >= 15 is 0 Å². The van der Waals surface area contributed by atoms with Gasteiger partial charge in [-0.1, -0.05) is 71.9 Å². The first-order valence-electron chi connectivity index (χ1n) is 10.9. The average Bonchev–Trinajstić information content (AvgIpc) is 2.70. The number of benzene rings is 2. The predicted molar refractivity (Wildman–Crippen MR) is 128 cm³/mol. The molecule has 0 spiro atoms. The molecule has 0 aromatic heterocycles. The monoisotopic (exact) mass is 437 g/mol. The van der Waals surface area contributed by atoms with Crippen LogP contribution in [0.5, 0.6) is 5.75 Å². The van der Waals surface area contributed by atoms with Gasteiger partial charge in [0.2, 0.25) is 5.91 Å². The SMILES string of the molecule is CCOC(=O)C(NC(=O)/C=C/c1cc(C(C)(C)C)c(O)c(C(C)(C)C)c1)c1ccccc1. The summed E-state index contributed by atoms with van der Waals surface area (Å²) >= 11 is 0. The molecule has 5 heteroatoms. The Labute approximate surface area is 191 Å². The molecule has 1 amide bonds. The molecule has 5 nitrogen and oxygen atoms in total.